The molecule has 9 heteroatoms. The van der Waals surface area contributed by atoms with E-state index < -0.39 is 29.6 Å². The van der Waals surface area contributed by atoms with Crippen LogP contribution in [0.1, 0.15) is 50.2 Å². The fourth-order valence-corrected chi connectivity index (χ4v) is 7.97. The number of likely N-dealkylation sites (tertiary alicyclic amines) is 1. The number of anilines is 1. The summed E-state index contributed by atoms with van der Waals surface area (Å²) in [6.07, 6.45) is 6.14. The molecule has 1 aromatic rings. The third-order valence-corrected chi connectivity index (χ3v) is 9.60. The van der Waals surface area contributed by atoms with E-state index in [0.29, 0.717) is 38.9 Å². The second kappa shape index (κ2) is 13.2. The number of hydrogen-bond donors (Lipinski definition) is 1. The lowest BCUT2D eigenvalue weighted by Gasteiger charge is -2.37. The minimum atomic E-state index is -1.12. The predicted octanol–water partition coefficient (Wildman–Crippen LogP) is 4.16. The molecule has 1 aromatic carbocycles. The van der Waals surface area contributed by atoms with Gasteiger partial charge in [-0.05, 0) is 63.1 Å². The van der Waals surface area contributed by atoms with E-state index >= 15 is 0 Å². The Kier molecular flexibility index (Phi) is 10.1. The molecule has 8 nitrogen and oxygen atoms in total. The molecule has 0 aliphatic carbocycles. The third-order valence-electron chi connectivity index (χ3n) is 8.75. The molecule has 41 heavy (non-hydrogen) atoms. The molecule has 4 rings (SSSR count). The van der Waals surface area contributed by atoms with Gasteiger partial charge in [-0.1, -0.05) is 47.1 Å². The van der Waals surface area contributed by atoms with Gasteiger partial charge in [0.2, 0.25) is 11.8 Å². The summed E-state index contributed by atoms with van der Waals surface area (Å²) in [7, 11) is 0. The zero-order valence-corrected chi connectivity index (χ0v) is 26.1. The van der Waals surface area contributed by atoms with Crippen molar-refractivity contribution in [2.75, 3.05) is 37.7 Å². The molecule has 3 unspecified atom stereocenters. The van der Waals surface area contributed by atoms with Crippen LogP contribution in [0.15, 0.2) is 43.5 Å². The summed E-state index contributed by atoms with van der Waals surface area (Å²) in [5.74, 6) is -1.96. The molecule has 0 saturated carbocycles. The number of nitrogens with zero attached hydrogens (tertiary/aromatic N) is 3. The lowest BCUT2D eigenvalue weighted by atomic mass is 9.70. The van der Waals surface area contributed by atoms with Gasteiger partial charge >= 0.3 is 0 Å². The highest BCUT2D eigenvalue weighted by atomic mass is 79.9. The number of rotatable bonds is 14. The molecule has 224 valence electrons. The average molecular weight is 631 g/mol. The lowest BCUT2D eigenvalue weighted by Crippen LogP contribution is -2.57. The highest BCUT2D eigenvalue weighted by Gasteiger charge is 2.76. The van der Waals surface area contributed by atoms with Gasteiger partial charge in [0.1, 0.15) is 11.6 Å². The van der Waals surface area contributed by atoms with Crippen molar-refractivity contribution in [2.45, 2.75) is 75.4 Å². The van der Waals surface area contributed by atoms with Crippen LogP contribution in [-0.2, 0) is 19.1 Å². The highest BCUT2D eigenvalue weighted by Crippen LogP contribution is 2.60. The summed E-state index contributed by atoms with van der Waals surface area (Å²) >= 11 is 3.77. The number of unbranched alkanes of at least 4 members (excludes halogenated alkanes) is 2. The molecule has 1 N–H and O–H groups in total. The first kappa shape index (κ1) is 31.4. The predicted molar refractivity (Wildman–Crippen MR) is 164 cm³/mol. The topological polar surface area (TPSA) is 90.4 Å². The van der Waals surface area contributed by atoms with E-state index in [1.165, 1.54) is 0 Å². The van der Waals surface area contributed by atoms with Crippen LogP contribution in [0, 0.1) is 25.7 Å². The fourth-order valence-electron chi connectivity index (χ4n) is 7.02. The van der Waals surface area contributed by atoms with Gasteiger partial charge in [-0.2, -0.15) is 0 Å². The van der Waals surface area contributed by atoms with Crippen molar-refractivity contribution in [2.24, 2.45) is 11.8 Å². The van der Waals surface area contributed by atoms with Gasteiger partial charge in [-0.15, -0.1) is 13.2 Å². The van der Waals surface area contributed by atoms with Crippen LogP contribution >= 0.6 is 15.9 Å². The zero-order chi connectivity index (χ0) is 29.9. The number of hydrogen-bond acceptors (Lipinski definition) is 5. The maximum Gasteiger partial charge on any atom is 0.253 e. The van der Waals surface area contributed by atoms with Crippen LogP contribution in [0.25, 0.3) is 0 Å². The molecule has 1 spiro atoms. The van der Waals surface area contributed by atoms with E-state index in [0.717, 1.165) is 29.7 Å². The second-order valence-electron chi connectivity index (χ2n) is 11.6. The summed E-state index contributed by atoms with van der Waals surface area (Å²) in [6.45, 7) is 15.4. The van der Waals surface area contributed by atoms with Crippen LogP contribution in [0.3, 0.4) is 0 Å². The van der Waals surface area contributed by atoms with E-state index in [1.807, 2.05) is 39.0 Å². The number of aliphatic hydroxyl groups is 1. The molecule has 2 bridgehead atoms. The lowest BCUT2D eigenvalue weighted by molar-refractivity contribution is -0.145. The SMILES string of the molecule is C=CCN(CCC)C(=O)[C@H]1[C@H]2C(=O)N(CCCCCO)C(C(=O)N(CC=C)c3cc(C)ccc3C)C23CC(Br)[C@@H]1O3. The number of fused-ring (bicyclic) bond motifs is 1. The Morgan fingerprint density at radius 3 is 2.56 bits per heavy atom. The minimum Gasteiger partial charge on any atom is -0.396 e. The van der Waals surface area contributed by atoms with E-state index in [4.69, 9.17) is 4.74 Å². The second-order valence-corrected chi connectivity index (χ2v) is 12.8. The summed E-state index contributed by atoms with van der Waals surface area (Å²) in [5.41, 5.74) is 1.63. The van der Waals surface area contributed by atoms with Gasteiger partial charge in [0, 0.05) is 43.3 Å². The molecule has 3 aliphatic rings. The number of carbonyl (C=O) groups excluding carboxylic acids is 3. The number of halogens is 1. The van der Waals surface area contributed by atoms with Gasteiger partial charge in [0.15, 0.2) is 0 Å². The first-order chi connectivity index (χ1) is 19.7. The van der Waals surface area contributed by atoms with E-state index in [-0.39, 0.29) is 35.7 Å². The highest BCUT2D eigenvalue weighted by molar-refractivity contribution is 9.09. The first-order valence-electron chi connectivity index (χ1n) is 14.8. The molecule has 3 fully saturated rings. The van der Waals surface area contributed by atoms with Crippen molar-refractivity contribution in [1.82, 2.24) is 9.80 Å². The van der Waals surface area contributed by atoms with E-state index in [1.54, 1.807) is 26.9 Å². The monoisotopic (exact) mass is 629 g/mol. The van der Waals surface area contributed by atoms with Crippen LogP contribution in [0.5, 0.6) is 0 Å². The van der Waals surface area contributed by atoms with Gasteiger partial charge in [0.25, 0.3) is 5.91 Å². The molecular weight excluding hydrogens is 586 g/mol. The summed E-state index contributed by atoms with van der Waals surface area (Å²) in [4.78, 5) is 48.1. The van der Waals surface area contributed by atoms with Crippen molar-refractivity contribution in [3.8, 4) is 0 Å². The van der Waals surface area contributed by atoms with Gasteiger partial charge in [-0.25, -0.2) is 0 Å². The van der Waals surface area contributed by atoms with E-state index in [2.05, 4.69) is 29.1 Å². The Morgan fingerprint density at radius 1 is 1.17 bits per heavy atom. The minimum absolute atomic E-state index is 0.0752. The fraction of sp³-hybridized carbons (Fsp3) is 0.594. The number of aryl methyl sites for hydroxylation is 2. The molecule has 6 atom stereocenters. The van der Waals surface area contributed by atoms with Crippen LogP contribution in [0.2, 0.25) is 0 Å². The molecule has 0 radical (unpaired) electrons. The molecule has 3 saturated heterocycles. The Balaban J connectivity index is 1.79. The van der Waals surface area contributed by atoms with Crippen molar-refractivity contribution >= 4 is 39.3 Å². The van der Waals surface area contributed by atoms with E-state index in [9.17, 15) is 19.5 Å². The quantitative estimate of drug-likeness (QED) is 0.190. The summed E-state index contributed by atoms with van der Waals surface area (Å²) < 4.78 is 6.72. The van der Waals surface area contributed by atoms with Crippen molar-refractivity contribution in [1.29, 1.82) is 0 Å². The number of carbonyl (C=O) groups is 3. The number of benzene rings is 1. The normalized spacial score (nSPS) is 28.1. The maximum atomic E-state index is 14.7. The maximum absolute atomic E-state index is 14.7. The average Bonchev–Trinajstić information content (AvgIpc) is 3.53. The van der Waals surface area contributed by atoms with Gasteiger partial charge < -0.3 is 24.5 Å². The Morgan fingerprint density at radius 2 is 1.90 bits per heavy atom. The molecule has 3 amide bonds. The van der Waals surface area contributed by atoms with Crippen molar-refractivity contribution < 1.29 is 24.2 Å². The Labute approximate surface area is 252 Å². The smallest absolute Gasteiger partial charge is 0.253 e. The van der Waals surface area contributed by atoms with Crippen LogP contribution < -0.4 is 4.90 Å². The van der Waals surface area contributed by atoms with Crippen LogP contribution in [0.4, 0.5) is 5.69 Å². The number of aliphatic hydroxyl groups excluding tert-OH is 1. The molecule has 3 heterocycles. The van der Waals surface area contributed by atoms with Gasteiger partial charge in [0.05, 0.1) is 17.9 Å². The van der Waals surface area contributed by atoms with Crippen LogP contribution in [-0.4, -0.2) is 88.0 Å². The van der Waals surface area contributed by atoms with Crippen molar-refractivity contribution in [3.05, 3.63) is 54.6 Å². The Bertz CT molecular complexity index is 1170. The number of amides is 3. The molecular formula is C32H44BrN3O5. The van der Waals surface area contributed by atoms with Gasteiger partial charge in [-0.3, -0.25) is 14.4 Å². The summed E-state index contributed by atoms with van der Waals surface area (Å²) in [6, 6.07) is 5.11. The largest absolute Gasteiger partial charge is 0.396 e. The molecule has 0 aromatic heterocycles. The zero-order valence-electron chi connectivity index (χ0n) is 24.6. The first-order valence-corrected chi connectivity index (χ1v) is 15.7. The Hall–Kier alpha value is -2.49. The summed E-state index contributed by atoms with van der Waals surface area (Å²) in [5, 5.41) is 9.31. The third kappa shape index (κ3) is 5.65. The standard InChI is InChI=1S/C32H44BrN3O5/c1-6-14-34(15-7-2)29(38)25-26-30(39)36(17-10-9-11-18-37)28(32(26)20-23(33)27(25)41-32)31(40)35(16-8-3)24-19-21(4)12-13-22(24)5/h6,8,12-13,19,23,25-28,37H,1,3,7,9-11,14-18,20H2,2,4-5H3/t23?,25-,26-,27-,28?,32?/m0/s1. The van der Waals surface area contributed by atoms with Crippen molar-refractivity contribution in [3.63, 3.8) is 0 Å². The number of ether oxygens (including phenoxy) is 1. The molecule has 3 aliphatic heterocycles. The number of alkyl halides is 1.